The Kier molecular flexibility index (Phi) is 6.14. The van der Waals surface area contributed by atoms with Crippen molar-refractivity contribution in [3.8, 4) is 0 Å². The standard InChI is InChI=1S/C21H21ClO5/c1-13-3-7-15(8-4-13)20(23)25-12-18-17(11-19(22)26-18)27-21(24)16-9-5-14(2)6-10-16/h3-10,17-19H,11-12H2,1-2H3/t17-,18-,19+/m0/s1. The van der Waals surface area contributed by atoms with Gasteiger partial charge >= 0.3 is 11.9 Å². The second-order valence-electron chi connectivity index (χ2n) is 6.59. The molecule has 0 saturated carbocycles. The van der Waals surface area contributed by atoms with Crippen molar-refractivity contribution in [1.82, 2.24) is 0 Å². The molecule has 1 aliphatic rings. The summed E-state index contributed by atoms with van der Waals surface area (Å²) >= 11 is 6.05. The maximum atomic E-state index is 12.3. The van der Waals surface area contributed by atoms with E-state index in [1.165, 1.54) is 0 Å². The van der Waals surface area contributed by atoms with Gasteiger partial charge in [0.15, 0.2) is 0 Å². The number of ether oxygens (including phenoxy) is 3. The summed E-state index contributed by atoms with van der Waals surface area (Å²) in [6.45, 7) is 3.84. The van der Waals surface area contributed by atoms with Gasteiger partial charge in [0.25, 0.3) is 0 Å². The Bertz CT molecular complexity index is 800. The highest BCUT2D eigenvalue weighted by molar-refractivity contribution is 6.19. The van der Waals surface area contributed by atoms with Crippen molar-refractivity contribution in [3.05, 3.63) is 70.8 Å². The van der Waals surface area contributed by atoms with E-state index in [-0.39, 0.29) is 6.61 Å². The van der Waals surface area contributed by atoms with Crippen molar-refractivity contribution in [1.29, 1.82) is 0 Å². The molecule has 0 radical (unpaired) electrons. The molecule has 3 rings (SSSR count). The topological polar surface area (TPSA) is 61.8 Å². The Morgan fingerprint density at radius 3 is 2.04 bits per heavy atom. The Morgan fingerprint density at radius 1 is 0.963 bits per heavy atom. The first-order valence-electron chi connectivity index (χ1n) is 8.73. The number of hydrogen-bond acceptors (Lipinski definition) is 5. The highest BCUT2D eigenvalue weighted by Gasteiger charge is 2.38. The fourth-order valence-electron chi connectivity index (χ4n) is 2.76. The lowest BCUT2D eigenvalue weighted by Crippen LogP contribution is -2.32. The van der Waals surface area contributed by atoms with Gasteiger partial charge in [0.05, 0.1) is 11.1 Å². The molecule has 0 aliphatic carbocycles. The van der Waals surface area contributed by atoms with Gasteiger partial charge in [-0.2, -0.15) is 0 Å². The predicted molar refractivity (Wildman–Crippen MR) is 101 cm³/mol. The number of esters is 2. The van der Waals surface area contributed by atoms with Gasteiger partial charge in [0.2, 0.25) is 0 Å². The SMILES string of the molecule is Cc1ccc(C(=O)OC[C@@H]2O[C@@H](Cl)C[C@@H]2OC(=O)c2ccc(C)cc2)cc1. The van der Waals surface area contributed by atoms with E-state index in [0.29, 0.717) is 17.5 Å². The van der Waals surface area contributed by atoms with E-state index in [1.54, 1.807) is 24.3 Å². The Balaban J connectivity index is 1.58. The minimum Gasteiger partial charge on any atom is -0.459 e. The first-order chi connectivity index (χ1) is 12.9. The van der Waals surface area contributed by atoms with Crippen molar-refractivity contribution in [2.24, 2.45) is 0 Å². The number of aryl methyl sites for hydroxylation is 2. The van der Waals surface area contributed by atoms with Crippen LogP contribution in [0.15, 0.2) is 48.5 Å². The quantitative estimate of drug-likeness (QED) is 0.571. The summed E-state index contributed by atoms with van der Waals surface area (Å²) in [5.41, 5.74) is 2.42. The van der Waals surface area contributed by atoms with Crippen LogP contribution in [0.1, 0.15) is 38.3 Å². The number of hydrogen-bond donors (Lipinski definition) is 0. The summed E-state index contributed by atoms with van der Waals surface area (Å²) in [6.07, 6.45) is -0.838. The van der Waals surface area contributed by atoms with Gasteiger partial charge in [-0.3, -0.25) is 0 Å². The molecule has 0 unspecified atom stereocenters. The van der Waals surface area contributed by atoms with E-state index in [4.69, 9.17) is 25.8 Å². The summed E-state index contributed by atoms with van der Waals surface area (Å²) in [7, 11) is 0. The van der Waals surface area contributed by atoms with Crippen LogP contribution in [0.5, 0.6) is 0 Å². The molecule has 1 fully saturated rings. The van der Waals surface area contributed by atoms with Gasteiger partial charge in [-0.05, 0) is 38.1 Å². The maximum absolute atomic E-state index is 12.3. The van der Waals surface area contributed by atoms with Crippen LogP contribution in [-0.2, 0) is 14.2 Å². The average Bonchev–Trinajstić information content (AvgIpc) is 3.00. The molecule has 3 atom stereocenters. The summed E-state index contributed by atoms with van der Waals surface area (Å²) < 4.78 is 16.4. The molecule has 0 amide bonds. The number of halogens is 1. The average molecular weight is 389 g/mol. The molecule has 5 nitrogen and oxygen atoms in total. The molecule has 0 aromatic heterocycles. The summed E-state index contributed by atoms with van der Waals surface area (Å²) in [5.74, 6) is -0.913. The third-order valence-electron chi connectivity index (χ3n) is 4.37. The zero-order chi connectivity index (χ0) is 19.4. The third kappa shape index (κ3) is 5.08. The summed E-state index contributed by atoms with van der Waals surface area (Å²) in [6, 6.07) is 14.2. The van der Waals surface area contributed by atoms with Crippen molar-refractivity contribution < 1.29 is 23.8 Å². The first kappa shape index (κ1) is 19.4. The van der Waals surface area contributed by atoms with Crippen molar-refractivity contribution in [3.63, 3.8) is 0 Å². The Morgan fingerprint density at radius 2 is 1.48 bits per heavy atom. The van der Waals surface area contributed by atoms with E-state index < -0.39 is 29.7 Å². The fourth-order valence-corrected chi connectivity index (χ4v) is 3.07. The Labute approximate surface area is 163 Å². The Hall–Kier alpha value is -2.37. The largest absolute Gasteiger partial charge is 0.459 e. The van der Waals surface area contributed by atoms with Gasteiger partial charge in [-0.15, -0.1) is 0 Å². The van der Waals surface area contributed by atoms with Crippen molar-refractivity contribution in [2.45, 2.75) is 38.0 Å². The van der Waals surface area contributed by atoms with Crippen LogP contribution in [0.25, 0.3) is 0 Å². The molecule has 27 heavy (non-hydrogen) atoms. The minimum absolute atomic E-state index is 0.0399. The molecule has 1 aliphatic heterocycles. The monoisotopic (exact) mass is 388 g/mol. The minimum atomic E-state index is -0.601. The summed E-state index contributed by atoms with van der Waals surface area (Å²) in [5, 5.41) is 0. The van der Waals surface area contributed by atoms with E-state index in [9.17, 15) is 9.59 Å². The highest BCUT2D eigenvalue weighted by atomic mass is 35.5. The predicted octanol–water partition coefficient (Wildman–Crippen LogP) is 4.04. The molecule has 6 heteroatoms. The number of carbonyl (C=O) groups excluding carboxylic acids is 2. The van der Waals surface area contributed by atoms with Gasteiger partial charge in [0, 0.05) is 6.42 Å². The molecule has 0 spiro atoms. The first-order valence-corrected chi connectivity index (χ1v) is 9.17. The molecular formula is C21H21ClO5. The lowest BCUT2D eigenvalue weighted by atomic mass is 10.1. The number of carbonyl (C=O) groups is 2. The lowest BCUT2D eigenvalue weighted by Gasteiger charge is -2.19. The van der Waals surface area contributed by atoms with Gasteiger partial charge in [-0.1, -0.05) is 47.0 Å². The molecule has 142 valence electrons. The molecule has 2 aromatic rings. The fraction of sp³-hybridized carbons (Fsp3) is 0.333. The zero-order valence-corrected chi connectivity index (χ0v) is 15.9. The number of benzene rings is 2. The number of alkyl halides is 1. The van der Waals surface area contributed by atoms with E-state index in [0.717, 1.165) is 11.1 Å². The second kappa shape index (κ2) is 8.55. The van der Waals surface area contributed by atoms with Gasteiger partial charge in [0.1, 0.15) is 24.4 Å². The molecular weight excluding hydrogens is 368 g/mol. The van der Waals surface area contributed by atoms with E-state index in [1.807, 2.05) is 38.1 Å². The summed E-state index contributed by atoms with van der Waals surface area (Å²) in [4.78, 5) is 24.5. The zero-order valence-electron chi connectivity index (χ0n) is 15.2. The molecule has 0 N–H and O–H groups in total. The molecule has 0 bridgehead atoms. The van der Waals surface area contributed by atoms with Crippen molar-refractivity contribution >= 4 is 23.5 Å². The van der Waals surface area contributed by atoms with E-state index >= 15 is 0 Å². The third-order valence-corrected chi connectivity index (χ3v) is 4.65. The number of rotatable bonds is 5. The highest BCUT2D eigenvalue weighted by Crippen LogP contribution is 2.27. The van der Waals surface area contributed by atoms with E-state index in [2.05, 4.69) is 0 Å². The van der Waals surface area contributed by atoms with Crippen molar-refractivity contribution in [2.75, 3.05) is 6.61 Å². The smallest absolute Gasteiger partial charge is 0.338 e. The van der Waals surface area contributed by atoms with Crippen LogP contribution in [0.3, 0.4) is 0 Å². The second-order valence-corrected chi connectivity index (χ2v) is 7.08. The lowest BCUT2D eigenvalue weighted by molar-refractivity contribution is -0.0322. The van der Waals surface area contributed by atoms with Gasteiger partial charge < -0.3 is 14.2 Å². The van der Waals surface area contributed by atoms with Crippen LogP contribution in [0.2, 0.25) is 0 Å². The van der Waals surface area contributed by atoms with Crippen LogP contribution < -0.4 is 0 Å². The van der Waals surface area contributed by atoms with Crippen LogP contribution >= 0.6 is 11.6 Å². The van der Waals surface area contributed by atoms with Gasteiger partial charge in [-0.25, -0.2) is 9.59 Å². The molecule has 1 saturated heterocycles. The van der Waals surface area contributed by atoms with Crippen LogP contribution in [0, 0.1) is 13.8 Å². The molecule has 2 aromatic carbocycles. The van der Waals surface area contributed by atoms with Crippen LogP contribution in [0.4, 0.5) is 0 Å². The normalized spacial score (nSPS) is 21.7. The molecule has 1 heterocycles. The maximum Gasteiger partial charge on any atom is 0.338 e. The van der Waals surface area contributed by atoms with Crippen LogP contribution in [-0.4, -0.2) is 36.3 Å².